The maximum atomic E-state index is 10.8. The van der Waals surface area contributed by atoms with Crippen LogP contribution in [-0.2, 0) is 22.4 Å². The summed E-state index contributed by atoms with van der Waals surface area (Å²) in [6.45, 7) is 6.06. The van der Waals surface area contributed by atoms with E-state index in [1.807, 2.05) is 42.5 Å². The molecule has 0 aliphatic carbocycles. The molecule has 2 aromatic carbocycles. The van der Waals surface area contributed by atoms with Gasteiger partial charge in [0.1, 0.15) is 0 Å². The molecule has 0 fully saturated rings. The number of hydrogen-bond acceptors (Lipinski definition) is 2. The van der Waals surface area contributed by atoms with Crippen molar-refractivity contribution in [2.45, 2.75) is 39.5 Å². The predicted molar refractivity (Wildman–Crippen MR) is 98.8 cm³/mol. The van der Waals surface area contributed by atoms with Crippen molar-refractivity contribution >= 4 is 11.9 Å². The van der Waals surface area contributed by atoms with Gasteiger partial charge in [-0.2, -0.15) is 0 Å². The molecule has 4 heteroatoms. The van der Waals surface area contributed by atoms with Crippen molar-refractivity contribution in [3.63, 3.8) is 0 Å². The molecule has 2 rings (SSSR count). The van der Waals surface area contributed by atoms with Crippen LogP contribution in [0.15, 0.2) is 54.6 Å². The first-order chi connectivity index (χ1) is 11.8. The van der Waals surface area contributed by atoms with E-state index >= 15 is 0 Å². The Balaban J connectivity index is 0.000000271. The molecule has 0 aliphatic heterocycles. The van der Waals surface area contributed by atoms with Gasteiger partial charge >= 0.3 is 11.9 Å². The maximum absolute atomic E-state index is 10.8. The molecular weight excluding hydrogens is 316 g/mol. The molecule has 1 atom stereocenters. The molecule has 0 bridgehead atoms. The van der Waals surface area contributed by atoms with Crippen LogP contribution in [0.25, 0.3) is 0 Å². The summed E-state index contributed by atoms with van der Waals surface area (Å²) in [5.74, 6) is -1.34. The van der Waals surface area contributed by atoms with E-state index in [1.165, 1.54) is 5.56 Å². The minimum atomic E-state index is -0.786. The van der Waals surface area contributed by atoms with Gasteiger partial charge in [-0.15, -0.1) is 0 Å². The Labute approximate surface area is 149 Å². The van der Waals surface area contributed by atoms with Crippen molar-refractivity contribution in [1.82, 2.24) is 0 Å². The Bertz CT molecular complexity index is 660. The van der Waals surface area contributed by atoms with Crippen LogP contribution in [0, 0.1) is 5.92 Å². The normalized spacial score (nSPS) is 11.4. The molecule has 0 heterocycles. The predicted octanol–water partition coefficient (Wildman–Crippen LogP) is 4.39. The summed E-state index contributed by atoms with van der Waals surface area (Å²) >= 11 is 0. The van der Waals surface area contributed by atoms with Gasteiger partial charge < -0.3 is 10.2 Å². The molecule has 134 valence electrons. The number of rotatable bonds is 6. The summed E-state index contributed by atoms with van der Waals surface area (Å²) in [5, 5.41) is 17.2. The van der Waals surface area contributed by atoms with Gasteiger partial charge in [0.15, 0.2) is 0 Å². The number of hydrogen-bond donors (Lipinski definition) is 2. The molecule has 0 aliphatic rings. The minimum Gasteiger partial charge on any atom is -0.481 e. The van der Waals surface area contributed by atoms with E-state index in [4.69, 9.17) is 10.2 Å². The van der Waals surface area contributed by atoms with Crippen molar-refractivity contribution in [1.29, 1.82) is 0 Å². The van der Waals surface area contributed by atoms with Crippen molar-refractivity contribution in [2.75, 3.05) is 0 Å². The maximum Gasteiger partial charge on any atom is 0.310 e. The van der Waals surface area contributed by atoms with Crippen molar-refractivity contribution in [3.05, 3.63) is 71.3 Å². The molecule has 0 saturated carbocycles. The quantitative estimate of drug-likeness (QED) is 0.816. The zero-order valence-electron chi connectivity index (χ0n) is 15.0. The highest BCUT2D eigenvalue weighted by molar-refractivity contribution is 5.75. The first kappa shape index (κ1) is 20.4. The molecule has 0 saturated heterocycles. The minimum absolute atomic E-state index is 0.112. The number of benzene rings is 2. The molecule has 0 aromatic heterocycles. The van der Waals surface area contributed by atoms with E-state index in [0.29, 0.717) is 5.92 Å². The SMILES string of the molecule is CC(C)Cc1ccc(C(C)C(=O)O)cc1.O=C(O)Cc1ccccc1. The van der Waals surface area contributed by atoms with Gasteiger partial charge in [0.25, 0.3) is 0 Å². The second-order valence-corrected chi connectivity index (χ2v) is 6.46. The zero-order chi connectivity index (χ0) is 18.8. The standard InChI is InChI=1S/C13H18O2.C8H8O2/c1-9(2)8-11-4-6-12(7-5-11)10(3)13(14)15;9-8(10)6-7-4-2-1-3-5-7/h4-7,9-10H,8H2,1-3H3,(H,14,15);1-5H,6H2,(H,9,10). The van der Waals surface area contributed by atoms with E-state index in [2.05, 4.69) is 13.8 Å². The van der Waals surface area contributed by atoms with Crippen molar-refractivity contribution in [3.8, 4) is 0 Å². The molecule has 0 spiro atoms. The highest BCUT2D eigenvalue weighted by Crippen LogP contribution is 2.17. The second-order valence-electron chi connectivity index (χ2n) is 6.46. The van der Waals surface area contributed by atoms with Crippen LogP contribution in [0.2, 0.25) is 0 Å². The highest BCUT2D eigenvalue weighted by atomic mass is 16.4. The van der Waals surface area contributed by atoms with E-state index < -0.39 is 17.9 Å². The largest absolute Gasteiger partial charge is 0.481 e. The van der Waals surface area contributed by atoms with Gasteiger partial charge in [-0.05, 0) is 36.0 Å². The highest BCUT2D eigenvalue weighted by Gasteiger charge is 2.12. The molecule has 2 N–H and O–H groups in total. The van der Waals surface area contributed by atoms with Crippen molar-refractivity contribution < 1.29 is 19.8 Å². The third kappa shape index (κ3) is 8.15. The fourth-order valence-electron chi connectivity index (χ4n) is 2.33. The van der Waals surface area contributed by atoms with Crippen LogP contribution in [0.1, 0.15) is 43.4 Å². The average Bonchev–Trinajstić information content (AvgIpc) is 2.55. The first-order valence-electron chi connectivity index (χ1n) is 8.37. The monoisotopic (exact) mass is 342 g/mol. The first-order valence-corrected chi connectivity index (χ1v) is 8.37. The van der Waals surface area contributed by atoms with Gasteiger partial charge in [-0.1, -0.05) is 68.4 Å². The Morgan fingerprint density at radius 2 is 1.40 bits per heavy atom. The molecule has 2 aromatic rings. The van der Waals surface area contributed by atoms with Crippen molar-refractivity contribution in [2.24, 2.45) is 5.92 Å². The lowest BCUT2D eigenvalue weighted by Gasteiger charge is -2.09. The number of carboxylic acids is 2. The number of carboxylic acid groups (broad SMARTS) is 2. The molecule has 0 amide bonds. The van der Waals surface area contributed by atoms with E-state index in [-0.39, 0.29) is 6.42 Å². The summed E-state index contributed by atoms with van der Waals surface area (Å²) in [4.78, 5) is 20.9. The number of carbonyl (C=O) groups is 2. The molecule has 25 heavy (non-hydrogen) atoms. The Morgan fingerprint density at radius 3 is 1.84 bits per heavy atom. The summed E-state index contributed by atoms with van der Waals surface area (Å²) in [6.07, 6.45) is 1.16. The smallest absolute Gasteiger partial charge is 0.310 e. The van der Waals surface area contributed by atoms with Crippen LogP contribution >= 0.6 is 0 Å². The van der Waals surface area contributed by atoms with Gasteiger partial charge in [-0.25, -0.2) is 0 Å². The van der Waals surface area contributed by atoms with Gasteiger partial charge in [-0.3, -0.25) is 9.59 Å². The van der Waals surface area contributed by atoms with Crippen LogP contribution in [0.3, 0.4) is 0 Å². The van der Waals surface area contributed by atoms with E-state index in [9.17, 15) is 9.59 Å². The summed E-state index contributed by atoms with van der Waals surface area (Å²) < 4.78 is 0. The Morgan fingerprint density at radius 1 is 0.840 bits per heavy atom. The van der Waals surface area contributed by atoms with Gasteiger partial charge in [0.2, 0.25) is 0 Å². The fraction of sp³-hybridized carbons (Fsp3) is 0.333. The van der Waals surface area contributed by atoms with E-state index in [1.54, 1.807) is 19.1 Å². The Kier molecular flexibility index (Phi) is 8.40. The Hall–Kier alpha value is -2.62. The van der Waals surface area contributed by atoms with E-state index in [0.717, 1.165) is 17.5 Å². The lowest BCUT2D eigenvalue weighted by Crippen LogP contribution is -2.07. The summed E-state index contributed by atoms with van der Waals surface area (Å²) in [6, 6.07) is 17.0. The lowest BCUT2D eigenvalue weighted by molar-refractivity contribution is -0.138. The van der Waals surface area contributed by atoms with Crippen LogP contribution in [-0.4, -0.2) is 22.2 Å². The van der Waals surface area contributed by atoms with Crippen LogP contribution in [0.4, 0.5) is 0 Å². The molecule has 0 radical (unpaired) electrons. The number of aliphatic carboxylic acids is 2. The average molecular weight is 342 g/mol. The topological polar surface area (TPSA) is 74.6 Å². The second kappa shape index (κ2) is 10.3. The molecular formula is C21H26O4. The fourth-order valence-corrected chi connectivity index (χ4v) is 2.33. The third-order valence-electron chi connectivity index (χ3n) is 3.69. The molecule has 1 unspecified atom stereocenters. The summed E-state index contributed by atoms with van der Waals surface area (Å²) in [5.41, 5.74) is 2.98. The zero-order valence-corrected chi connectivity index (χ0v) is 15.0. The molecule has 4 nitrogen and oxygen atoms in total. The lowest BCUT2D eigenvalue weighted by atomic mass is 9.97. The van der Waals surface area contributed by atoms with Crippen LogP contribution in [0.5, 0.6) is 0 Å². The van der Waals surface area contributed by atoms with Crippen LogP contribution < -0.4 is 0 Å². The van der Waals surface area contributed by atoms with Gasteiger partial charge in [0.05, 0.1) is 12.3 Å². The third-order valence-corrected chi connectivity index (χ3v) is 3.69. The van der Waals surface area contributed by atoms with Gasteiger partial charge in [0, 0.05) is 0 Å². The summed E-state index contributed by atoms with van der Waals surface area (Å²) in [7, 11) is 0.